The Morgan fingerprint density at radius 2 is 1.50 bits per heavy atom. The van der Waals surface area contributed by atoms with E-state index in [4.69, 9.17) is 9.47 Å². The first-order chi connectivity index (χ1) is 15.8. The van der Waals surface area contributed by atoms with Crippen molar-refractivity contribution in [2.75, 3.05) is 39.5 Å². The van der Waals surface area contributed by atoms with E-state index in [1.165, 1.54) is 0 Å². The summed E-state index contributed by atoms with van der Waals surface area (Å²) < 4.78 is 25.6. The Morgan fingerprint density at radius 3 is 2.19 bits per heavy atom. The van der Waals surface area contributed by atoms with Gasteiger partial charge in [0.05, 0.1) is 13.2 Å². The number of ether oxygens (including phenoxy) is 2. The van der Waals surface area contributed by atoms with Gasteiger partial charge in [0.25, 0.3) is 0 Å². The first kappa shape index (κ1) is 22.3. The quantitative estimate of drug-likeness (QED) is 0.434. The molecule has 0 spiro atoms. The number of hydrogen-bond acceptors (Lipinski definition) is 3. The number of nitrogens with zero attached hydrogens (tertiary/aromatic N) is 1. The molecule has 1 saturated heterocycles. The van der Waals surface area contributed by atoms with Crippen molar-refractivity contribution < 1.29 is 13.9 Å². The number of rotatable bonds is 9. The molecule has 1 heterocycles. The van der Waals surface area contributed by atoms with Gasteiger partial charge in [-0.25, -0.2) is 4.39 Å². The molecule has 1 aliphatic heterocycles. The third-order valence-electron chi connectivity index (χ3n) is 5.70. The first-order valence-electron chi connectivity index (χ1n) is 11.3. The molecule has 0 radical (unpaired) electrons. The number of benzene rings is 3. The molecule has 3 aromatic carbocycles. The molecule has 0 amide bonds. The van der Waals surface area contributed by atoms with Crippen LogP contribution in [-0.2, 0) is 17.6 Å². The van der Waals surface area contributed by atoms with E-state index in [1.807, 2.05) is 66.7 Å². The van der Waals surface area contributed by atoms with Crippen LogP contribution in [0, 0.1) is 0 Å². The summed E-state index contributed by atoms with van der Waals surface area (Å²) in [5.74, 6) is 0.782. The van der Waals surface area contributed by atoms with E-state index < -0.39 is 0 Å². The molecule has 1 aliphatic rings. The van der Waals surface area contributed by atoms with Crippen molar-refractivity contribution in [1.29, 1.82) is 0 Å². The second-order valence-electron chi connectivity index (χ2n) is 8.04. The lowest BCUT2D eigenvalue weighted by Gasteiger charge is -2.26. The van der Waals surface area contributed by atoms with Crippen molar-refractivity contribution in [3.8, 4) is 16.9 Å². The molecule has 4 rings (SSSR count). The van der Waals surface area contributed by atoms with Crippen molar-refractivity contribution >= 4 is 0 Å². The Hall–Kier alpha value is -2.95. The minimum Gasteiger partial charge on any atom is -0.492 e. The number of hydrogen-bond donors (Lipinski definition) is 0. The van der Waals surface area contributed by atoms with E-state index in [1.54, 1.807) is 6.08 Å². The van der Waals surface area contributed by atoms with Crippen LogP contribution in [0.2, 0.25) is 0 Å². The third-order valence-corrected chi connectivity index (χ3v) is 5.70. The fourth-order valence-corrected chi connectivity index (χ4v) is 3.79. The highest BCUT2D eigenvalue weighted by molar-refractivity contribution is 5.64. The van der Waals surface area contributed by atoms with Crippen LogP contribution in [0.5, 0.6) is 5.75 Å². The summed E-state index contributed by atoms with van der Waals surface area (Å²) in [7, 11) is 0. The average molecular weight is 432 g/mol. The summed E-state index contributed by atoms with van der Waals surface area (Å²) >= 11 is 0. The normalized spacial score (nSPS) is 15.0. The molecule has 0 bridgehead atoms. The maximum absolute atomic E-state index is 14.3. The van der Waals surface area contributed by atoms with Crippen LogP contribution in [0.15, 0.2) is 90.8 Å². The summed E-state index contributed by atoms with van der Waals surface area (Å²) in [6.07, 6.45) is 2.61. The van der Waals surface area contributed by atoms with Gasteiger partial charge in [-0.15, -0.1) is 0 Å². The zero-order valence-corrected chi connectivity index (χ0v) is 18.4. The Bertz CT molecular complexity index is 978. The van der Waals surface area contributed by atoms with E-state index in [2.05, 4.69) is 17.0 Å². The molecular weight excluding hydrogens is 401 g/mol. The van der Waals surface area contributed by atoms with Crippen molar-refractivity contribution in [2.45, 2.75) is 12.8 Å². The molecule has 0 N–H and O–H groups in total. The molecule has 0 saturated carbocycles. The predicted octanol–water partition coefficient (Wildman–Crippen LogP) is 5.70. The predicted molar refractivity (Wildman–Crippen MR) is 128 cm³/mol. The van der Waals surface area contributed by atoms with E-state index in [-0.39, 0.29) is 5.83 Å². The summed E-state index contributed by atoms with van der Waals surface area (Å²) in [4.78, 5) is 2.36. The average Bonchev–Trinajstić information content (AvgIpc) is 2.85. The summed E-state index contributed by atoms with van der Waals surface area (Å²) in [5, 5.41) is 0. The van der Waals surface area contributed by atoms with Gasteiger partial charge in [-0.3, -0.25) is 4.90 Å². The molecule has 0 aromatic heterocycles. The lowest BCUT2D eigenvalue weighted by Crippen LogP contribution is -2.38. The summed E-state index contributed by atoms with van der Waals surface area (Å²) in [6.45, 7) is 5.17. The van der Waals surface area contributed by atoms with Crippen molar-refractivity contribution in [3.05, 3.63) is 102 Å². The van der Waals surface area contributed by atoms with Gasteiger partial charge in [0.15, 0.2) is 0 Å². The van der Waals surface area contributed by atoms with Gasteiger partial charge in [-0.05, 0) is 46.9 Å². The van der Waals surface area contributed by atoms with Crippen LogP contribution in [-0.4, -0.2) is 44.4 Å². The van der Waals surface area contributed by atoms with Crippen LogP contribution in [0.1, 0.15) is 11.1 Å². The SMILES string of the molecule is F/C(=C\Cc1ccccc1)Cc1ccc(-c2ccc(OCCN3CCOCC3)cc2)cc1. The topological polar surface area (TPSA) is 21.7 Å². The maximum atomic E-state index is 14.3. The second-order valence-corrected chi connectivity index (χ2v) is 8.04. The number of halogens is 1. The van der Waals surface area contributed by atoms with Crippen molar-refractivity contribution in [2.24, 2.45) is 0 Å². The minimum absolute atomic E-state index is 0.0971. The van der Waals surface area contributed by atoms with Gasteiger partial charge < -0.3 is 9.47 Å². The molecule has 166 valence electrons. The molecule has 0 unspecified atom stereocenters. The second kappa shape index (κ2) is 11.6. The monoisotopic (exact) mass is 431 g/mol. The van der Waals surface area contributed by atoms with Gasteiger partial charge in [-0.1, -0.05) is 66.7 Å². The maximum Gasteiger partial charge on any atom is 0.119 e. The minimum atomic E-state index is -0.0971. The van der Waals surface area contributed by atoms with Crippen LogP contribution < -0.4 is 4.74 Å². The zero-order chi connectivity index (χ0) is 22.0. The molecule has 3 nitrogen and oxygen atoms in total. The van der Waals surface area contributed by atoms with Crippen molar-refractivity contribution in [1.82, 2.24) is 4.90 Å². The number of morpholine rings is 1. The van der Waals surface area contributed by atoms with Gasteiger partial charge in [0, 0.05) is 26.1 Å². The Morgan fingerprint density at radius 1 is 0.844 bits per heavy atom. The highest BCUT2D eigenvalue weighted by Crippen LogP contribution is 2.24. The van der Waals surface area contributed by atoms with Gasteiger partial charge in [0.1, 0.15) is 18.2 Å². The van der Waals surface area contributed by atoms with Crippen LogP contribution in [0.25, 0.3) is 11.1 Å². The van der Waals surface area contributed by atoms with Gasteiger partial charge in [-0.2, -0.15) is 0 Å². The van der Waals surface area contributed by atoms with E-state index in [0.717, 1.165) is 60.9 Å². The van der Waals surface area contributed by atoms with Gasteiger partial charge >= 0.3 is 0 Å². The summed E-state index contributed by atoms with van der Waals surface area (Å²) in [5.41, 5.74) is 4.32. The van der Waals surface area contributed by atoms with Crippen molar-refractivity contribution in [3.63, 3.8) is 0 Å². The fourth-order valence-electron chi connectivity index (χ4n) is 3.79. The smallest absolute Gasteiger partial charge is 0.119 e. The lowest BCUT2D eigenvalue weighted by molar-refractivity contribution is 0.0322. The standard InChI is InChI=1S/C28H30FNO2/c29-27(13-8-23-4-2-1-3-5-23)22-24-6-9-25(10-7-24)26-11-14-28(15-12-26)32-21-18-30-16-19-31-20-17-30/h1-7,9-15H,8,16-22H2/b27-13-. The largest absolute Gasteiger partial charge is 0.492 e. The first-order valence-corrected chi connectivity index (χ1v) is 11.3. The molecule has 0 atom stereocenters. The molecule has 3 aromatic rings. The Kier molecular flexibility index (Phi) is 8.07. The molecular formula is C28H30FNO2. The van der Waals surface area contributed by atoms with E-state index >= 15 is 0 Å². The third kappa shape index (κ3) is 6.78. The molecule has 4 heteroatoms. The summed E-state index contributed by atoms with van der Waals surface area (Å²) in [6, 6.07) is 26.2. The zero-order valence-electron chi connectivity index (χ0n) is 18.4. The fraction of sp³-hybridized carbons (Fsp3) is 0.286. The van der Waals surface area contributed by atoms with E-state index in [0.29, 0.717) is 19.4 Å². The lowest BCUT2D eigenvalue weighted by atomic mass is 10.0. The Labute approximate surface area is 190 Å². The highest BCUT2D eigenvalue weighted by Gasteiger charge is 2.09. The van der Waals surface area contributed by atoms with Crippen LogP contribution in [0.4, 0.5) is 4.39 Å². The van der Waals surface area contributed by atoms with Crippen LogP contribution in [0.3, 0.4) is 0 Å². The highest BCUT2D eigenvalue weighted by atomic mass is 19.1. The molecule has 32 heavy (non-hydrogen) atoms. The molecule has 0 aliphatic carbocycles. The van der Waals surface area contributed by atoms with Crippen LogP contribution >= 0.6 is 0 Å². The Balaban J connectivity index is 1.26. The molecule has 1 fully saturated rings. The van der Waals surface area contributed by atoms with E-state index in [9.17, 15) is 4.39 Å². The van der Waals surface area contributed by atoms with Gasteiger partial charge in [0.2, 0.25) is 0 Å². The number of allylic oxidation sites excluding steroid dienone is 2.